The van der Waals surface area contributed by atoms with Gasteiger partial charge in [0.15, 0.2) is 0 Å². The van der Waals surface area contributed by atoms with Crippen molar-refractivity contribution >= 4 is 28.6 Å². The predicted octanol–water partition coefficient (Wildman–Crippen LogP) is 1.18. The average Bonchev–Trinajstić information content (AvgIpc) is 1.93. The minimum Gasteiger partial charge on any atom is -0.352 e. The number of carbonyl (C=O) groups excluding carboxylic acids is 1. The highest BCUT2D eigenvalue weighted by molar-refractivity contribution is 14.1. The van der Waals surface area contributed by atoms with Crippen LogP contribution in [0.4, 0.5) is 4.79 Å². The van der Waals surface area contributed by atoms with Gasteiger partial charge in [0.1, 0.15) is 0 Å². The number of primary amides is 1. The van der Waals surface area contributed by atoms with Gasteiger partial charge in [-0.3, -0.25) is 0 Å². The predicted molar refractivity (Wildman–Crippen MR) is 52.7 cm³/mol. The molecule has 3 N–H and O–H groups in total. The minimum atomic E-state index is -0.424. The number of allylic oxidation sites excluding steroid dienone is 1. The fraction of sp³-hybridized carbons (Fsp3) is 0.571. The largest absolute Gasteiger partial charge is 0.352 e. The molecule has 3 nitrogen and oxygen atoms in total. The molecule has 2 amide bonds. The van der Waals surface area contributed by atoms with E-state index in [1.807, 2.05) is 0 Å². The van der Waals surface area contributed by atoms with Crippen LogP contribution in [-0.2, 0) is 0 Å². The zero-order chi connectivity index (χ0) is 8.27. The molecule has 11 heavy (non-hydrogen) atoms. The Bertz CT molecular complexity index is 181. The van der Waals surface area contributed by atoms with E-state index in [1.54, 1.807) is 0 Å². The third-order valence-electron chi connectivity index (χ3n) is 1.68. The lowest BCUT2D eigenvalue weighted by atomic mass is 10.0. The van der Waals surface area contributed by atoms with Crippen molar-refractivity contribution < 1.29 is 4.79 Å². The highest BCUT2D eigenvalue weighted by Gasteiger charge is 2.19. The maximum absolute atomic E-state index is 10.5. The monoisotopic (exact) mass is 266 g/mol. The summed E-state index contributed by atoms with van der Waals surface area (Å²) in [5, 5.41) is 2.71. The maximum Gasteiger partial charge on any atom is 0.312 e. The highest BCUT2D eigenvalue weighted by atomic mass is 127. The molecule has 62 valence electrons. The van der Waals surface area contributed by atoms with Crippen LogP contribution in [0, 0.1) is 0 Å². The lowest BCUT2D eigenvalue weighted by molar-refractivity contribution is 0.245. The van der Waals surface area contributed by atoms with Gasteiger partial charge in [0, 0.05) is 9.97 Å². The summed E-state index contributed by atoms with van der Waals surface area (Å²) in [6.45, 7) is 0. The van der Waals surface area contributed by atoms with Gasteiger partial charge in [-0.05, 0) is 12.8 Å². The molecule has 0 aromatic rings. The van der Waals surface area contributed by atoms with Gasteiger partial charge >= 0.3 is 6.03 Å². The molecule has 0 heterocycles. The number of urea groups is 1. The molecule has 0 aliphatic heterocycles. The summed E-state index contributed by atoms with van der Waals surface area (Å²) in [6.07, 6.45) is 6.13. The zero-order valence-corrected chi connectivity index (χ0v) is 8.24. The van der Waals surface area contributed by atoms with Crippen molar-refractivity contribution in [1.82, 2.24) is 5.32 Å². The number of alkyl halides is 1. The molecular formula is C7H11IN2O. The first-order chi connectivity index (χ1) is 5.20. The Morgan fingerprint density at radius 2 is 2.18 bits per heavy atom. The number of halogens is 1. The summed E-state index contributed by atoms with van der Waals surface area (Å²) in [6, 6.07) is -0.204. The summed E-state index contributed by atoms with van der Waals surface area (Å²) in [4.78, 5) is 10.5. The first-order valence-corrected chi connectivity index (χ1v) is 4.79. The molecule has 1 aliphatic carbocycles. The summed E-state index contributed by atoms with van der Waals surface area (Å²) >= 11 is 2.33. The fourth-order valence-corrected chi connectivity index (χ4v) is 1.88. The molecular weight excluding hydrogens is 255 g/mol. The van der Waals surface area contributed by atoms with Crippen LogP contribution >= 0.6 is 22.6 Å². The van der Waals surface area contributed by atoms with E-state index >= 15 is 0 Å². The molecule has 0 unspecified atom stereocenters. The zero-order valence-electron chi connectivity index (χ0n) is 6.09. The van der Waals surface area contributed by atoms with Gasteiger partial charge in [0.25, 0.3) is 0 Å². The van der Waals surface area contributed by atoms with Crippen molar-refractivity contribution in [3.63, 3.8) is 0 Å². The van der Waals surface area contributed by atoms with Crippen LogP contribution in [0.15, 0.2) is 12.2 Å². The van der Waals surface area contributed by atoms with Crippen LogP contribution in [0.5, 0.6) is 0 Å². The SMILES string of the molecule is NC(=O)N[C@@H]1CC=CC[C@H]1I. The van der Waals surface area contributed by atoms with Crippen LogP contribution in [0.3, 0.4) is 0 Å². The Balaban J connectivity index is 2.44. The summed E-state index contributed by atoms with van der Waals surface area (Å²) in [7, 11) is 0. The molecule has 1 rings (SSSR count). The Morgan fingerprint density at radius 1 is 1.55 bits per heavy atom. The van der Waals surface area contributed by atoms with E-state index in [4.69, 9.17) is 5.73 Å². The number of carbonyl (C=O) groups is 1. The highest BCUT2D eigenvalue weighted by Crippen LogP contribution is 2.19. The summed E-state index contributed by atoms with van der Waals surface area (Å²) in [5.41, 5.74) is 5.01. The van der Waals surface area contributed by atoms with Crippen LogP contribution in [0.1, 0.15) is 12.8 Å². The quantitative estimate of drug-likeness (QED) is 0.418. The van der Waals surface area contributed by atoms with Gasteiger partial charge in [0.05, 0.1) is 0 Å². The van der Waals surface area contributed by atoms with Crippen molar-refractivity contribution in [2.75, 3.05) is 0 Å². The third-order valence-corrected chi connectivity index (χ3v) is 3.06. The van der Waals surface area contributed by atoms with E-state index in [2.05, 4.69) is 40.1 Å². The number of nitrogens with one attached hydrogen (secondary N) is 1. The topological polar surface area (TPSA) is 55.1 Å². The van der Waals surface area contributed by atoms with E-state index in [0.29, 0.717) is 3.92 Å². The van der Waals surface area contributed by atoms with E-state index in [0.717, 1.165) is 12.8 Å². The van der Waals surface area contributed by atoms with Gasteiger partial charge in [-0.25, -0.2) is 4.79 Å². The second-order valence-electron chi connectivity index (χ2n) is 2.57. The lowest BCUT2D eigenvalue weighted by Gasteiger charge is -2.23. The summed E-state index contributed by atoms with van der Waals surface area (Å²) < 4.78 is 0.477. The van der Waals surface area contributed by atoms with E-state index in [9.17, 15) is 4.79 Å². The number of amides is 2. The lowest BCUT2D eigenvalue weighted by Crippen LogP contribution is -2.44. The Morgan fingerprint density at radius 3 is 2.73 bits per heavy atom. The van der Waals surface area contributed by atoms with Gasteiger partial charge in [-0.2, -0.15) is 0 Å². The minimum absolute atomic E-state index is 0.220. The molecule has 4 heteroatoms. The van der Waals surface area contributed by atoms with E-state index < -0.39 is 6.03 Å². The Labute approximate surface area is 79.5 Å². The third kappa shape index (κ3) is 2.69. The molecule has 0 aromatic carbocycles. The van der Waals surface area contributed by atoms with Gasteiger partial charge in [0.2, 0.25) is 0 Å². The Kier molecular flexibility index (Phi) is 3.16. The van der Waals surface area contributed by atoms with Gasteiger partial charge in [-0.1, -0.05) is 34.7 Å². The molecule has 0 aromatic heterocycles. The first-order valence-electron chi connectivity index (χ1n) is 3.55. The number of rotatable bonds is 1. The maximum atomic E-state index is 10.5. The van der Waals surface area contributed by atoms with Crippen molar-refractivity contribution in [2.45, 2.75) is 22.8 Å². The average molecular weight is 266 g/mol. The molecule has 0 fully saturated rings. The second-order valence-corrected chi connectivity index (χ2v) is 4.17. The van der Waals surface area contributed by atoms with Crippen LogP contribution in [0.2, 0.25) is 0 Å². The smallest absolute Gasteiger partial charge is 0.312 e. The van der Waals surface area contributed by atoms with Gasteiger partial charge in [-0.15, -0.1) is 0 Å². The number of hydrogen-bond donors (Lipinski definition) is 2. The molecule has 0 saturated carbocycles. The molecule has 0 radical (unpaired) electrons. The van der Waals surface area contributed by atoms with Crippen molar-refractivity contribution in [3.05, 3.63) is 12.2 Å². The molecule has 0 saturated heterocycles. The summed E-state index contributed by atoms with van der Waals surface area (Å²) in [5.74, 6) is 0. The first kappa shape index (κ1) is 8.83. The Hall–Kier alpha value is -0.260. The van der Waals surface area contributed by atoms with Gasteiger partial charge < -0.3 is 11.1 Å². The molecule has 1 aliphatic rings. The molecule has 2 atom stereocenters. The van der Waals surface area contributed by atoms with E-state index in [-0.39, 0.29) is 6.04 Å². The van der Waals surface area contributed by atoms with Crippen LogP contribution < -0.4 is 11.1 Å². The van der Waals surface area contributed by atoms with Crippen LogP contribution in [-0.4, -0.2) is 16.0 Å². The fourth-order valence-electron chi connectivity index (χ4n) is 1.11. The van der Waals surface area contributed by atoms with Crippen molar-refractivity contribution in [3.8, 4) is 0 Å². The van der Waals surface area contributed by atoms with E-state index in [1.165, 1.54) is 0 Å². The molecule has 0 spiro atoms. The second kappa shape index (κ2) is 3.94. The van der Waals surface area contributed by atoms with Crippen molar-refractivity contribution in [1.29, 1.82) is 0 Å². The number of nitrogens with two attached hydrogens (primary N) is 1. The number of hydrogen-bond acceptors (Lipinski definition) is 1. The molecule has 0 bridgehead atoms. The van der Waals surface area contributed by atoms with Crippen molar-refractivity contribution in [2.24, 2.45) is 5.73 Å². The normalized spacial score (nSPS) is 29.9. The van der Waals surface area contributed by atoms with Crippen LogP contribution in [0.25, 0.3) is 0 Å². The standard InChI is InChI=1S/C7H11IN2O/c8-5-3-1-2-4-6(5)10-7(9)11/h1-2,5-6H,3-4H2,(H3,9,10,11)/t5-,6-/m1/s1.